The average molecular weight is 474 g/mol. The van der Waals surface area contributed by atoms with Crippen molar-refractivity contribution >= 4 is 28.5 Å². The van der Waals surface area contributed by atoms with Gasteiger partial charge in [-0.15, -0.1) is 0 Å². The molecule has 0 spiro atoms. The highest BCUT2D eigenvalue weighted by molar-refractivity contribution is 5.91. The van der Waals surface area contributed by atoms with Gasteiger partial charge in [-0.2, -0.15) is 0 Å². The Bertz CT molecular complexity index is 1230. The van der Waals surface area contributed by atoms with Crippen molar-refractivity contribution in [3.63, 3.8) is 0 Å². The highest BCUT2D eigenvalue weighted by Gasteiger charge is 2.38. The fraction of sp³-hybridized carbons (Fsp3) is 0.321. The minimum absolute atomic E-state index is 0.0117. The third-order valence-electron chi connectivity index (χ3n) is 6.75. The molecule has 3 aromatic rings. The van der Waals surface area contributed by atoms with Gasteiger partial charge >= 0.3 is 0 Å². The van der Waals surface area contributed by atoms with E-state index >= 15 is 0 Å². The van der Waals surface area contributed by atoms with Crippen LogP contribution in [0.15, 0.2) is 66.7 Å². The van der Waals surface area contributed by atoms with Crippen LogP contribution in [-0.4, -0.2) is 36.4 Å². The lowest BCUT2D eigenvalue weighted by Crippen LogP contribution is -2.48. The first kappa shape index (κ1) is 24.3. The van der Waals surface area contributed by atoms with Gasteiger partial charge in [0.15, 0.2) is 0 Å². The second kappa shape index (κ2) is 10.6. The van der Waals surface area contributed by atoms with Gasteiger partial charge < -0.3 is 21.1 Å². The lowest BCUT2D eigenvalue weighted by molar-refractivity contribution is -0.127. The highest BCUT2D eigenvalue weighted by Crippen LogP contribution is 2.34. The summed E-state index contributed by atoms with van der Waals surface area (Å²) in [5.41, 5.74) is 7.02. The van der Waals surface area contributed by atoms with Gasteiger partial charge in [0.2, 0.25) is 17.7 Å². The Balaban J connectivity index is 1.48. The normalized spacial score (nSPS) is 18.1. The second-order valence-electron chi connectivity index (χ2n) is 9.19. The first-order valence-corrected chi connectivity index (χ1v) is 11.9. The number of methoxy groups -OCH3 is 1. The van der Waals surface area contributed by atoms with E-state index in [0.29, 0.717) is 32.1 Å². The molecule has 0 aromatic heterocycles. The molecular weight excluding hydrogens is 442 g/mol. The number of fused-ring (bicyclic) bond motifs is 1. The molecule has 1 aliphatic rings. The third-order valence-corrected chi connectivity index (χ3v) is 6.75. The van der Waals surface area contributed by atoms with E-state index in [4.69, 9.17) is 10.5 Å². The summed E-state index contributed by atoms with van der Waals surface area (Å²) in [5, 5.41) is 7.99. The number of hydrogen-bond donors (Lipinski definition) is 3. The van der Waals surface area contributed by atoms with Crippen molar-refractivity contribution in [2.24, 2.45) is 5.73 Å². The third kappa shape index (κ3) is 5.80. The number of carbonyl (C=O) groups excluding carboxylic acids is 3. The van der Waals surface area contributed by atoms with Crippen molar-refractivity contribution in [1.29, 1.82) is 0 Å². The van der Waals surface area contributed by atoms with Crippen LogP contribution in [0.5, 0.6) is 5.75 Å². The van der Waals surface area contributed by atoms with Crippen LogP contribution in [0.3, 0.4) is 0 Å². The van der Waals surface area contributed by atoms with Crippen LogP contribution in [0, 0.1) is 0 Å². The van der Waals surface area contributed by atoms with Crippen LogP contribution in [-0.2, 0) is 27.2 Å². The van der Waals surface area contributed by atoms with Gasteiger partial charge in [-0.25, -0.2) is 0 Å². The zero-order valence-corrected chi connectivity index (χ0v) is 19.9. The van der Waals surface area contributed by atoms with Crippen molar-refractivity contribution < 1.29 is 19.1 Å². The number of primary amides is 1. The predicted octanol–water partition coefficient (Wildman–Crippen LogP) is 3.03. The average Bonchev–Trinajstić information content (AvgIpc) is 3.23. The van der Waals surface area contributed by atoms with Gasteiger partial charge in [0.05, 0.1) is 7.11 Å². The van der Waals surface area contributed by atoms with Gasteiger partial charge in [0.1, 0.15) is 11.8 Å². The van der Waals surface area contributed by atoms with Crippen molar-refractivity contribution in [3.05, 3.63) is 77.9 Å². The lowest BCUT2D eigenvalue weighted by atomic mass is 9.83. The molecule has 4 N–H and O–H groups in total. The molecule has 2 atom stereocenters. The Morgan fingerprint density at radius 2 is 1.77 bits per heavy atom. The Kier molecular flexibility index (Phi) is 7.34. The van der Waals surface area contributed by atoms with Gasteiger partial charge in [0, 0.05) is 30.2 Å². The van der Waals surface area contributed by atoms with Gasteiger partial charge in [-0.3, -0.25) is 14.4 Å². The van der Waals surface area contributed by atoms with Crippen molar-refractivity contribution in [3.8, 4) is 5.75 Å². The quantitative estimate of drug-likeness (QED) is 0.420. The molecule has 4 rings (SSSR count). The summed E-state index contributed by atoms with van der Waals surface area (Å²) in [5.74, 6) is -0.0490. The Morgan fingerprint density at radius 3 is 2.43 bits per heavy atom. The highest BCUT2D eigenvalue weighted by atomic mass is 16.5. The number of benzene rings is 3. The molecule has 3 amide bonds. The first-order chi connectivity index (χ1) is 16.9. The zero-order valence-electron chi connectivity index (χ0n) is 19.9. The molecule has 1 saturated heterocycles. The Morgan fingerprint density at radius 1 is 1.06 bits per heavy atom. The molecule has 0 saturated carbocycles. The van der Waals surface area contributed by atoms with Gasteiger partial charge in [-0.05, 0) is 41.8 Å². The molecule has 7 nitrogen and oxygen atoms in total. The molecule has 1 heterocycles. The van der Waals surface area contributed by atoms with Crippen LogP contribution in [0.1, 0.15) is 36.8 Å². The number of rotatable bonds is 10. The van der Waals surface area contributed by atoms with Crippen molar-refractivity contribution in [1.82, 2.24) is 10.6 Å². The minimum atomic E-state index is -0.787. The van der Waals surface area contributed by atoms with Crippen molar-refractivity contribution in [2.45, 2.75) is 50.1 Å². The molecule has 7 heteroatoms. The Hall–Kier alpha value is -3.87. The summed E-state index contributed by atoms with van der Waals surface area (Å²) in [4.78, 5) is 37.0. The topological polar surface area (TPSA) is 111 Å². The number of nitrogens with two attached hydrogens (primary N) is 1. The smallest absolute Gasteiger partial charge is 0.240 e. The van der Waals surface area contributed by atoms with E-state index in [-0.39, 0.29) is 18.2 Å². The predicted molar refractivity (Wildman–Crippen MR) is 135 cm³/mol. The summed E-state index contributed by atoms with van der Waals surface area (Å²) >= 11 is 0. The number of nitrogens with one attached hydrogen (secondary N) is 2. The first-order valence-electron chi connectivity index (χ1n) is 11.9. The fourth-order valence-corrected chi connectivity index (χ4v) is 4.90. The monoisotopic (exact) mass is 473 g/mol. The lowest BCUT2D eigenvalue weighted by Gasteiger charge is -2.30. The standard InChI is InChI=1S/C28H31N3O4/c1-35-24-12-11-20(21-9-5-6-10-22(21)24)18-28(16-14-26(33)31-28)15-13-25(32)30-23(27(29)34)17-19-7-3-2-4-8-19/h2-12,23H,13-18H2,1H3,(H2,29,34)(H,30,32)(H,31,33)/t23-,28-/m0/s1. The second-order valence-corrected chi connectivity index (χ2v) is 9.19. The number of amides is 3. The van der Waals surface area contributed by atoms with E-state index in [9.17, 15) is 14.4 Å². The van der Waals surface area contributed by atoms with E-state index in [1.807, 2.05) is 66.7 Å². The summed E-state index contributed by atoms with van der Waals surface area (Å²) in [6.45, 7) is 0. The number of carbonyl (C=O) groups is 3. The molecule has 182 valence electrons. The fourth-order valence-electron chi connectivity index (χ4n) is 4.90. The van der Waals surface area contributed by atoms with Crippen LogP contribution in [0.2, 0.25) is 0 Å². The van der Waals surface area contributed by atoms with E-state index in [1.165, 1.54) is 0 Å². The van der Waals surface area contributed by atoms with Crippen LogP contribution < -0.4 is 21.1 Å². The van der Waals surface area contributed by atoms with E-state index < -0.39 is 17.5 Å². The summed E-state index contributed by atoms with van der Waals surface area (Å²) in [7, 11) is 1.65. The van der Waals surface area contributed by atoms with Crippen LogP contribution in [0.25, 0.3) is 10.8 Å². The SMILES string of the molecule is COc1ccc(C[C@]2(CCC(=O)N[C@@H](Cc3ccccc3)C(N)=O)CCC(=O)N2)c2ccccc12. The molecule has 35 heavy (non-hydrogen) atoms. The summed E-state index contributed by atoms with van der Waals surface area (Å²) in [6, 6.07) is 20.6. The molecule has 0 bridgehead atoms. The van der Waals surface area contributed by atoms with E-state index in [2.05, 4.69) is 10.6 Å². The van der Waals surface area contributed by atoms with Gasteiger partial charge in [-0.1, -0.05) is 60.7 Å². The molecule has 1 fully saturated rings. The van der Waals surface area contributed by atoms with E-state index in [0.717, 1.165) is 27.6 Å². The minimum Gasteiger partial charge on any atom is -0.496 e. The number of hydrogen-bond acceptors (Lipinski definition) is 4. The molecule has 0 unspecified atom stereocenters. The Labute approximate surface area is 205 Å². The molecule has 1 aliphatic heterocycles. The zero-order chi connectivity index (χ0) is 24.8. The number of ether oxygens (including phenoxy) is 1. The summed E-state index contributed by atoms with van der Waals surface area (Å²) in [6.07, 6.45) is 2.63. The van der Waals surface area contributed by atoms with Gasteiger partial charge in [0.25, 0.3) is 0 Å². The maximum absolute atomic E-state index is 12.8. The maximum Gasteiger partial charge on any atom is 0.240 e. The van der Waals surface area contributed by atoms with Crippen LogP contribution in [0.4, 0.5) is 0 Å². The van der Waals surface area contributed by atoms with Crippen LogP contribution >= 0.6 is 0 Å². The van der Waals surface area contributed by atoms with Crippen molar-refractivity contribution in [2.75, 3.05) is 7.11 Å². The maximum atomic E-state index is 12.8. The van der Waals surface area contributed by atoms with E-state index in [1.54, 1.807) is 7.11 Å². The largest absolute Gasteiger partial charge is 0.496 e. The molecule has 3 aromatic carbocycles. The summed E-state index contributed by atoms with van der Waals surface area (Å²) < 4.78 is 5.51. The molecular formula is C28H31N3O4. The molecule has 0 radical (unpaired) electrons. The molecule has 0 aliphatic carbocycles.